The molecular formula is C6H9NaO5S. The Labute approximate surface area is 99.8 Å². The van der Waals surface area contributed by atoms with E-state index in [-0.39, 0.29) is 31.0 Å². The molecule has 0 bridgehead atoms. The van der Waals surface area contributed by atoms with Crippen molar-refractivity contribution in [1.29, 1.82) is 0 Å². The number of phenolic OH excluding ortho intramolecular Hbond substituents is 1. The molecule has 0 atom stereocenters. The first-order valence-corrected chi connectivity index (χ1v) is 4.23. The van der Waals surface area contributed by atoms with E-state index in [0.717, 1.165) is 0 Å². The van der Waals surface area contributed by atoms with Crippen LogP contribution in [-0.2, 0) is 10.4 Å². The Bertz CT molecular complexity index is 306. The summed E-state index contributed by atoms with van der Waals surface area (Å²) in [5.41, 5.74) is 0. The first-order valence-electron chi connectivity index (χ1n) is 2.83. The molecule has 0 unspecified atom stereocenters. The van der Waals surface area contributed by atoms with E-state index < -0.39 is 10.4 Å². The quantitative estimate of drug-likeness (QED) is 0.340. The van der Waals surface area contributed by atoms with E-state index in [9.17, 15) is 0 Å². The van der Waals surface area contributed by atoms with Gasteiger partial charge in [-0.25, -0.2) is 0 Å². The first-order chi connectivity index (χ1) is 5.39. The molecule has 0 amide bonds. The summed E-state index contributed by atoms with van der Waals surface area (Å²) in [4.78, 5) is 0. The van der Waals surface area contributed by atoms with Crippen molar-refractivity contribution in [2.24, 2.45) is 0 Å². The summed E-state index contributed by atoms with van der Waals surface area (Å²) >= 11 is 0. The van der Waals surface area contributed by atoms with Gasteiger partial charge < -0.3 is 6.53 Å². The van der Waals surface area contributed by atoms with E-state index in [2.05, 4.69) is 0 Å². The van der Waals surface area contributed by atoms with Crippen LogP contribution in [0.3, 0.4) is 0 Å². The van der Waals surface area contributed by atoms with Gasteiger partial charge in [-0.3, -0.25) is 9.11 Å². The second-order valence-electron chi connectivity index (χ2n) is 1.78. The molecule has 0 radical (unpaired) electrons. The van der Waals surface area contributed by atoms with Gasteiger partial charge >= 0.3 is 40.0 Å². The van der Waals surface area contributed by atoms with E-state index in [4.69, 9.17) is 22.6 Å². The third-order valence-corrected chi connectivity index (χ3v) is 0.756. The Balaban J connectivity index is -0.000000159. The minimum absolute atomic E-state index is 0. The number of hydrogen-bond donors (Lipinski definition) is 3. The molecule has 0 aliphatic carbocycles. The van der Waals surface area contributed by atoms with Crippen LogP contribution in [0.5, 0.6) is 5.75 Å². The molecule has 5 nitrogen and oxygen atoms in total. The maximum absolute atomic E-state index is 8.74. The second-order valence-corrected chi connectivity index (χ2v) is 2.68. The molecule has 70 valence electrons. The van der Waals surface area contributed by atoms with Gasteiger partial charge in [0.2, 0.25) is 0 Å². The SMILES string of the molecule is O=S(=O)(O)O.Oc1ccccc1.[H-].[Na+]. The zero-order chi connectivity index (χ0) is 9.61. The average Bonchev–Trinajstić information content (AvgIpc) is 1.85. The largest absolute Gasteiger partial charge is 1.00 e. The van der Waals surface area contributed by atoms with Crippen molar-refractivity contribution in [3.05, 3.63) is 30.3 Å². The Kier molecular flexibility index (Phi) is 8.64. The van der Waals surface area contributed by atoms with Gasteiger partial charge in [0.25, 0.3) is 0 Å². The van der Waals surface area contributed by atoms with Crippen LogP contribution in [0.25, 0.3) is 0 Å². The van der Waals surface area contributed by atoms with Crippen LogP contribution in [0.15, 0.2) is 30.3 Å². The first kappa shape index (κ1) is 15.4. The average molecular weight is 216 g/mol. The van der Waals surface area contributed by atoms with Crippen molar-refractivity contribution in [3.8, 4) is 5.75 Å². The molecule has 0 saturated heterocycles. The molecule has 0 heterocycles. The molecule has 1 aromatic carbocycles. The fourth-order valence-electron chi connectivity index (χ4n) is 0.428. The van der Waals surface area contributed by atoms with Crippen molar-refractivity contribution in [2.45, 2.75) is 0 Å². The molecule has 1 aromatic rings. The van der Waals surface area contributed by atoms with Crippen molar-refractivity contribution in [2.75, 3.05) is 0 Å². The van der Waals surface area contributed by atoms with E-state index in [1.807, 2.05) is 6.07 Å². The monoisotopic (exact) mass is 216 g/mol. The van der Waals surface area contributed by atoms with Crippen LogP contribution in [0.2, 0.25) is 0 Å². The smallest absolute Gasteiger partial charge is 1.00 e. The minimum atomic E-state index is -4.67. The summed E-state index contributed by atoms with van der Waals surface area (Å²) in [6, 6.07) is 8.71. The number of aromatic hydroxyl groups is 1. The number of rotatable bonds is 0. The Morgan fingerprint density at radius 1 is 1.08 bits per heavy atom. The molecule has 3 N–H and O–H groups in total. The number of hydrogen-bond acceptors (Lipinski definition) is 3. The molecule has 0 aliphatic heterocycles. The molecular weight excluding hydrogens is 207 g/mol. The Morgan fingerprint density at radius 3 is 1.54 bits per heavy atom. The topological polar surface area (TPSA) is 94.8 Å². The molecule has 13 heavy (non-hydrogen) atoms. The Morgan fingerprint density at radius 2 is 1.38 bits per heavy atom. The Hall–Kier alpha value is -0.110. The second kappa shape index (κ2) is 7.31. The number of para-hydroxylation sites is 1. The molecule has 0 spiro atoms. The summed E-state index contributed by atoms with van der Waals surface area (Å²) < 4.78 is 31.6. The standard InChI is InChI=1S/C6H6O.Na.H2O4S.H/c7-6-4-2-1-3-5-6;;1-5(2,3)4;/h1-5,7H;;(H2,1,2,3,4);/q;+1;;-1. The van der Waals surface area contributed by atoms with Crippen LogP contribution >= 0.6 is 0 Å². The molecule has 0 aromatic heterocycles. The van der Waals surface area contributed by atoms with Crippen molar-refractivity contribution in [1.82, 2.24) is 0 Å². The van der Waals surface area contributed by atoms with Crippen LogP contribution in [-0.4, -0.2) is 22.6 Å². The zero-order valence-corrected chi connectivity index (χ0v) is 9.77. The predicted molar refractivity (Wildman–Crippen MR) is 43.4 cm³/mol. The summed E-state index contributed by atoms with van der Waals surface area (Å²) in [5.74, 6) is 0.322. The minimum Gasteiger partial charge on any atom is -1.00 e. The van der Waals surface area contributed by atoms with Crippen LogP contribution in [0.1, 0.15) is 1.43 Å². The van der Waals surface area contributed by atoms with E-state index >= 15 is 0 Å². The molecule has 0 aliphatic rings. The molecule has 0 saturated carbocycles. The predicted octanol–water partition coefficient (Wildman–Crippen LogP) is -2.14. The summed E-state index contributed by atoms with van der Waals surface area (Å²) in [7, 11) is -4.67. The third-order valence-electron chi connectivity index (χ3n) is 0.756. The van der Waals surface area contributed by atoms with Crippen molar-refractivity contribution >= 4 is 10.4 Å². The van der Waals surface area contributed by atoms with Crippen molar-refractivity contribution < 1.29 is 53.6 Å². The van der Waals surface area contributed by atoms with Gasteiger partial charge in [-0.1, -0.05) is 18.2 Å². The van der Waals surface area contributed by atoms with Gasteiger partial charge in [0, 0.05) is 0 Å². The maximum atomic E-state index is 8.74. The normalized spacial score (nSPS) is 9.08. The fraction of sp³-hybridized carbons (Fsp3) is 0. The van der Waals surface area contributed by atoms with E-state index in [1.54, 1.807) is 24.3 Å². The number of phenols is 1. The van der Waals surface area contributed by atoms with Gasteiger partial charge in [-0.15, -0.1) is 0 Å². The molecule has 0 fully saturated rings. The van der Waals surface area contributed by atoms with E-state index in [1.165, 1.54) is 0 Å². The zero-order valence-electron chi connectivity index (χ0n) is 7.95. The molecule has 7 heteroatoms. The van der Waals surface area contributed by atoms with Crippen molar-refractivity contribution in [3.63, 3.8) is 0 Å². The van der Waals surface area contributed by atoms with Crippen LogP contribution in [0, 0.1) is 0 Å². The number of benzene rings is 1. The van der Waals surface area contributed by atoms with Gasteiger partial charge in [0.15, 0.2) is 0 Å². The maximum Gasteiger partial charge on any atom is 1.00 e. The van der Waals surface area contributed by atoms with Gasteiger partial charge in [0.1, 0.15) is 5.75 Å². The van der Waals surface area contributed by atoms with Crippen LogP contribution < -0.4 is 29.6 Å². The summed E-state index contributed by atoms with van der Waals surface area (Å²) in [6.07, 6.45) is 0. The van der Waals surface area contributed by atoms with Crippen LogP contribution in [0.4, 0.5) is 0 Å². The molecule has 1 rings (SSSR count). The third kappa shape index (κ3) is 18.7. The van der Waals surface area contributed by atoms with Gasteiger partial charge in [-0.2, -0.15) is 8.42 Å². The van der Waals surface area contributed by atoms with Gasteiger partial charge in [-0.05, 0) is 12.1 Å². The fourth-order valence-corrected chi connectivity index (χ4v) is 0.428. The summed E-state index contributed by atoms with van der Waals surface area (Å²) in [5, 5.41) is 8.63. The summed E-state index contributed by atoms with van der Waals surface area (Å²) in [6.45, 7) is 0. The van der Waals surface area contributed by atoms with E-state index in [0.29, 0.717) is 5.75 Å². The van der Waals surface area contributed by atoms with Gasteiger partial charge in [0.05, 0.1) is 0 Å².